The lowest BCUT2D eigenvalue weighted by Gasteiger charge is -2.35. The van der Waals surface area contributed by atoms with Gasteiger partial charge in [-0.05, 0) is 31.2 Å². The van der Waals surface area contributed by atoms with Crippen molar-refractivity contribution >= 4 is 11.8 Å². The Bertz CT molecular complexity index is 638. The third-order valence-electron chi connectivity index (χ3n) is 5.31. The Labute approximate surface area is 141 Å². The topological polar surface area (TPSA) is 67.7 Å². The van der Waals surface area contributed by atoms with Gasteiger partial charge in [0.15, 0.2) is 0 Å². The van der Waals surface area contributed by atoms with Gasteiger partial charge in [-0.3, -0.25) is 19.1 Å². The Morgan fingerprint density at radius 2 is 2.21 bits per heavy atom. The van der Waals surface area contributed by atoms with Crippen molar-refractivity contribution in [2.45, 2.75) is 45.2 Å². The van der Waals surface area contributed by atoms with E-state index in [0.29, 0.717) is 38.6 Å². The van der Waals surface area contributed by atoms with Gasteiger partial charge in [0, 0.05) is 25.2 Å². The molecule has 1 aromatic heterocycles. The van der Waals surface area contributed by atoms with Crippen LogP contribution in [0.25, 0.3) is 0 Å². The average Bonchev–Trinajstić information content (AvgIpc) is 3.13. The van der Waals surface area contributed by atoms with E-state index in [4.69, 9.17) is 4.84 Å². The number of amides is 2. The van der Waals surface area contributed by atoms with Crippen LogP contribution in [0.3, 0.4) is 0 Å². The monoisotopic (exact) mass is 332 g/mol. The van der Waals surface area contributed by atoms with Crippen molar-refractivity contribution in [2.24, 2.45) is 11.8 Å². The molecule has 1 saturated carbocycles. The molecule has 0 aromatic carbocycles. The average molecular weight is 332 g/mol. The van der Waals surface area contributed by atoms with Crippen LogP contribution in [0.2, 0.25) is 0 Å². The van der Waals surface area contributed by atoms with Gasteiger partial charge in [-0.1, -0.05) is 6.92 Å². The minimum atomic E-state index is -0.111. The fraction of sp³-hybridized carbons (Fsp3) is 0.706. The Hall–Kier alpha value is -1.89. The van der Waals surface area contributed by atoms with Crippen LogP contribution in [0.5, 0.6) is 0 Å². The zero-order chi connectivity index (χ0) is 16.7. The summed E-state index contributed by atoms with van der Waals surface area (Å²) in [5, 5.41) is 5.86. The zero-order valence-corrected chi connectivity index (χ0v) is 14.1. The Kier molecular flexibility index (Phi) is 4.04. The maximum absolute atomic E-state index is 12.6. The van der Waals surface area contributed by atoms with Gasteiger partial charge in [-0.15, -0.1) is 0 Å². The molecule has 2 fully saturated rings. The van der Waals surface area contributed by atoms with E-state index in [1.54, 1.807) is 6.20 Å². The minimum absolute atomic E-state index is 0.0183. The smallest absolute Gasteiger partial charge is 0.248 e. The number of aromatic nitrogens is 2. The predicted molar refractivity (Wildman–Crippen MR) is 85.5 cm³/mol. The Morgan fingerprint density at radius 1 is 1.38 bits per heavy atom. The zero-order valence-electron chi connectivity index (χ0n) is 14.1. The van der Waals surface area contributed by atoms with E-state index >= 15 is 0 Å². The summed E-state index contributed by atoms with van der Waals surface area (Å²) in [6, 6.07) is 1.82. The quantitative estimate of drug-likeness (QED) is 0.838. The number of nitrogens with zero attached hydrogens (tertiary/aromatic N) is 4. The predicted octanol–water partition coefficient (Wildman–Crippen LogP) is 1.37. The number of carbonyl (C=O) groups is 2. The SMILES string of the molecule is C[C@@H]1C[C@H]1C(=O)N1Cc2ccnn2[C@@H](CC(=O)N2CCCCO2)C1. The van der Waals surface area contributed by atoms with Gasteiger partial charge in [0.1, 0.15) is 0 Å². The summed E-state index contributed by atoms with van der Waals surface area (Å²) in [4.78, 5) is 32.5. The van der Waals surface area contributed by atoms with Crippen LogP contribution in [0, 0.1) is 11.8 Å². The van der Waals surface area contributed by atoms with Gasteiger partial charge >= 0.3 is 0 Å². The molecule has 3 atom stereocenters. The summed E-state index contributed by atoms with van der Waals surface area (Å²) in [6.45, 7) is 4.52. The van der Waals surface area contributed by atoms with Crippen molar-refractivity contribution in [3.8, 4) is 0 Å². The first-order valence-electron chi connectivity index (χ1n) is 8.88. The molecule has 24 heavy (non-hydrogen) atoms. The van der Waals surface area contributed by atoms with E-state index in [2.05, 4.69) is 12.0 Å². The van der Waals surface area contributed by atoms with E-state index in [-0.39, 0.29) is 23.8 Å². The summed E-state index contributed by atoms with van der Waals surface area (Å²) in [5.41, 5.74) is 1.00. The Morgan fingerprint density at radius 3 is 2.92 bits per heavy atom. The molecule has 3 aliphatic rings. The third kappa shape index (κ3) is 2.92. The molecule has 7 nitrogen and oxygen atoms in total. The number of hydroxylamine groups is 2. The minimum Gasteiger partial charge on any atom is -0.334 e. The van der Waals surface area contributed by atoms with E-state index in [1.165, 1.54) is 5.06 Å². The molecule has 3 heterocycles. The highest BCUT2D eigenvalue weighted by molar-refractivity contribution is 5.82. The van der Waals surface area contributed by atoms with E-state index in [9.17, 15) is 9.59 Å². The molecule has 4 rings (SSSR count). The third-order valence-corrected chi connectivity index (χ3v) is 5.31. The number of fused-ring (bicyclic) bond motifs is 1. The summed E-state index contributed by atoms with van der Waals surface area (Å²) < 4.78 is 1.90. The lowest BCUT2D eigenvalue weighted by Crippen LogP contribution is -2.44. The normalized spacial score (nSPS) is 29.3. The van der Waals surface area contributed by atoms with E-state index in [0.717, 1.165) is 25.0 Å². The first kappa shape index (κ1) is 15.6. The van der Waals surface area contributed by atoms with Crippen LogP contribution < -0.4 is 0 Å². The molecule has 0 bridgehead atoms. The first-order chi connectivity index (χ1) is 11.6. The van der Waals surface area contributed by atoms with Crippen LogP contribution in [0.1, 0.15) is 44.3 Å². The molecule has 0 N–H and O–H groups in total. The Balaban J connectivity index is 1.47. The fourth-order valence-corrected chi connectivity index (χ4v) is 3.70. The van der Waals surface area contributed by atoms with Crippen molar-refractivity contribution in [1.82, 2.24) is 19.7 Å². The molecule has 1 aliphatic carbocycles. The second kappa shape index (κ2) is 6.20. The van der Waals surface area contributed by atoms with Crippen molar-refractivity contribution < 1.29 is 14.4 Å². The number of carbonyl (C=O) groups excluding carboxylic acids is 2. The lowest BCUT2D eigenvalue weighted by atomic mass is 10.1. The van der Waals surface area contributed by atoms with Crippen LogP contribution in [0.15, 0.2) is 12.3 Å². The number of hydrogen-bond acceptors (Lipinski definition) is 4. The largest absolute Gasteiger partial charge is 0.334 e. The lowest BCUT2D eigenvalue weighted by molar-refractivity contribution is -0.198. The van der Waals surface area contributed by atoms with Crippen LogP contribution in [-0.4, -0.2) is 51.3 Å². The standard InChI is InChI=1S/C17H24N4O3/c1-12-8-15(12)17(23)19-10-13-4-5-18-21(13)14(11-19)9-16(22)20-6-2-3-7-24-20/h4-5,12,14-15H,2-3,6-11H2,1H3/t12-,14+,15-/m1/s1. The molecule has 7 heteroatoms. The van der Waals surface area contributed by atoms with Crippen molar-refractivity contribution in [3.63, 3.8) is 0 Å². The summed E-state index contributed by atoms with van der Waals surface area (Å²) in [5.74, 6) is 0.865. The van der Waals surface area contributed by atoms with Crippen molar-refractivity contribution in [1.29, 1.82) is 0 Å². The molecule has 130 valence electrons. The number of hydrogen-bond donors (Lipinski definition) is 0. The molecule has 1 aromatic rings. The summed E-state index contributed by atoms with van der Waals surface area (Å²) in [6.07, 6.45) is 5.03. The molecule has 2 aliphatic heterocycles. The second-order valence-electron chi connectivity index (χ2n) is 7.20. The molecule has 0 unspecified atom stereocenters. The highest BCUT2D eigenvalue weighted by Gasteiger charge is 2.43. The van der Waals surface area contributed by atoms with Crippen molar-refractivity contribution in [2.75, 3.05) is 19.7 Å². The second-order valence-corrected chi connectivity index (χ2v) is 7.20. The van der Waals surface area contributed by atoms with Gasteiger partial charge in [0.2, 0.25) is 11.8 Å². The highest BCUT2D eigenvalue weighted by atomic mass is 16.7. The summed E-state index contributed by atoms with van der Waals surface area (Å²) >= 11 is 0. The summed E-state index contributed by atoms with van der Waals surface area (Å²) in [7, 11) is 0. The van der Waals surface area contributed by atoms with Crippen LogP contribution in [0.4, 0.5) is 0 Å². The maximum atomic E-state index is 12.6. The molecule has 1 saturated heterocycles. The maximum Gasteiger partial charge on any atom is 0.248 e. The molecular formula is C17H24N4O3. The van der Waals surface area contributed by atoms with E-state index in [1.807, 2.05) is 15.6 Å². The number of rotatable bonds is 3. The fourth-order valence-electron chi connectivity index (χ4n) is 3.70. The van der Waals surface area contributed by atoms with Crippen LogP contribution >= 0.6 is 0 Å². The molecule has 0 radical (unpaired) electrons. The van der Waals surface area contributed by atoms with Gasteiger partial charge in [-0.2, -0.15) is 5.10 Å². The van der Waals surface area contributed by atoms with Gasteiger partial charge in [-0.25, -0.2) is 5.06 Å². The van der Waals surface area contributed by atoms with Gasteiger partial charge in [0.25, 0.3) is 0 Å². The molecule has 2 amide bonds. The van der Waals surface area contributed by atoms with E-state index < -0.39 is 0 Å². The van der Waals surface area contributed by atoms with Gasteiger partial charge < -0.3 is 4.90 Å². The molecule has 0 spiro atoms. The highest BCUT2D eigenvalue weighted by Crippen LogP contribution is 2.40. The van der Waals surface area contributed by atoms with Crippen LogP contribution in [-0.2, 0) is 21.0 Å². The molecular weight excluding hydrogens is 308 g/mol. The van der Waals surface area contributed by atoms with Crippen molar-refractivity contribution in [3.05, 3.63) is 18.0 Å². The van der Waals surface area contributed by atoms with Gasteiger partial charge in [0.05, 0.1) is 31.3 Å². The first-order valence-corrected chi connectivity index (χ1v) is 8.88.